The van der Waals surface area contributed by atoms with Gasteiger partial charge in [-0.15, -0.1) is 10.2 Å². The van der Waals surface area contributed by atoms with E-state index in [0.29, 0.717) is 5.82 Å². The van der Waals surface area contributed by atoms with Crippen LogP contribution in [0, 0.1) is 0 Å². The predicted octanol–water partition coefficient (Wildman–Crippen LogP) is 3.37. The highest BCUT2D eigenvalue weighted by Gasteiger charge is 2.18. The fourth-order valence-corrected chi connectivity index (χ4v) is 3.94. The molecule has 3 rings (SSSR count). The Morgan fingerprint density at radius 3 is 2.40 bits per heavy atom. The second kappa shape index (κ2) is 7.39. The van der Waals surface area contributed by atoms with Gasteiger partial charge in [0.1, 0.15) is 5.82 Å². The molecular weight excluding hydrogens is 336 g/mol. The summed E-state index contributed by atoms with van der Waals surface area (Å²) >= 11 is 0. The number of anilines is 2. The number of nitrogens with one attached hydrogen (secondary N) is 2. The molecule has 1 aromatic carbocycles. The van der Waals surface area contributed by atoms with Crippen LogP contribution in [-0.4, -0.2) is 24.7 Å². The van der Waals surface area contributed by atoms with Crippen LogP contribution in [0.15, 0.2) is 35.2 Å². The Balaban J connectivity index is 1.75. The van der Waals surface area contributed by atoms with E-state index in [1.54, 1.807) is 24.3 Å². The highest BCUT2D eigenvalue weighted by Crippen LogP contribution is 2.25. The van der Waals surface area contributed by atoms with E-state index in [9.17, 15) is 8.42 Å². The van der Waals surface area contributed by atoms with Gasteiger partial charge in [-0.1, -0.05) is 13.0 Å². The molecule has 0 amide bonds. The molecule has 25 heavy (non-hydrogen) atoms. The number of aryl methyl sites for hydroxylation is 2. The van der Waals surface area contributed by atoms with Gasteiger partial charge in [-0.3, -0.25) is 4.72 Å². The minimum absolute atomic E-state index is 0.215. The molecule has 7 heteroatoms. The summed E-state index contributed by atoms with van der Waals surface area (Å²) in [5, 5.41) is 11.2. The molecule has 0 bridgehead atoms. The largest absolute Gasteiger partial charge is 0.366 e. The fourth-order valence-electron chi connectivity index (χ4n) is 2.89. The molecule has 1 aliphatic carbocycles. The third-order valence-corrected chi connectivity index (χ3v) is 5.89. The van der Waals surface area contributed by atoms with Gasteiger partial charge in [0.2, 0.25) is 0 Å². The van der Waals surface area contributed by atoms with E-state index >= 15 is 0 Å². The number of sulfonamides is 1. The van der Waals surface area contributed by atoms with Gasteiger partial charge in [0.05, 0.1) is 4.90 Å². The van der Waals surface area contributed by atoms with Gasteiger partial charge in [-0.25, -0.2) is 8.42 Å². The molecule has 0 radical (unpaired) electrons. The van der Waals surface area contributed by atoms with Crippen LogP contribution in [0.4, 0.5) is 11.6 Å². The van der Waals surface area contributed by atoms with E-state index in [1.165, 1.54) is 12.0 Å². The average molecular weight is 360 g/mol. The van der Waals surface area contributed by atoms with Crippen molar-refractivity contribution in [2.75, 3.05) is 10.0 Å². The van der Waals surface area contributed by atoms with Crippen LogP contribution >= 0.6 is 0 Å². The first-order valence-corrected chi connectivity index (χ1v) is 10.2. The quantitative estimate of drug-likeness (QED) is 0.825. The Bertz CT molecular complexity index is 835. The Hall–Kier alpha value is -2.15. The first-order chi connectivity index (χ1) is 12.0. The molecule has 1 atom stereocenters. The zero-order valence-electron chi connectivity index (χ0n) is 14.6. The maximum atomic E-state index is 12.6. The number of nitrogens with zero attached hydrogens (tertiary/aromatic N) is 2. The Morgan fingerprint density at radius 2 is 1.72 bits per heavy atom. The van der Waals surface area contributed by atoms with Gasteiger partial charge in [0.15, 0.2) is 5.82 Å². The molecule has 0 aliphatic heterocycles. The van der Waals surface area contributed by atoms with E-state index in [2.05, 4.69) is 27.2 Å². The van der Waals surface area contributed by atoms with Crippen LogP contribution in [0.2, 0.25) is 0 Å². The van der Waals surface area contributed by atoms with E-state index < -0.39 is 10.0 Å². The van der Waals surface area contributed by atoms with Gasteiger partial charge in [0.25, 0.3) is 10.0 Å². The summed E-state index contributed by atoms with van der Waals surface area (Å²) in [4.78, 5) is 0.275. The number of rotatable bonds is 6. The standard InChI is InChI=1S/C18H24N4O2S/c1-3-13(2)19-17-10-11-18(21-20-17)22-25(23,24)16-9-8-14-6-4-5-7-15(14)12-16/h8-13H,3-7H2,1-2H3,(H,19,20)(H,21,22). The van der Waals surface area contributed by atoms with Gasteiger partial charge < -0.3 is 5.32 Å². The van der Waals surface area contributed by atoms with Crippen LogP contribution in [0.5, 0.6) is 0 Å². The van der Waals surface area contributed by atoms with Crippen molar-refractivity contribution in [3.05, 3.63) is 41.5 Å². The normalized spacial score (nSPS) is 15.3. The molecule has 1 aliphatic rings. The van der Waals surface area contributed by atoms with Gasteiger partial charge >= 0.3 is 0 Å². The van der Waals surface area contributed by atoms with Crippen molar-refractivity contribution in [2.24, 2.45) is 0 Å². The van der Waals surface area contributed by atoms with E-state index in [1.807, 2.05) is 13.0 Å². The summed E-state index contributed by atoms with van der Waals surface area (Å²) in [6, 6.07) is 9.00. The molecule has 2 N–H and O–H groups in total. The van der Waals surface area contributed by atoms with E-state index in [4.69, 9.17) is 0 Å². The molecule has 134 valence electrons. The second-order valence-corrected chi connectivity index (χ2v) is 8.18. The summed E-state index contributed by atoms with van der Waals surface area (Å²) in [7, 11) is -3.66. The monoisotopic (exact) mass is 360 g/mol. The number of hydrogen-bond donors (Lipinski definition) is 2. The highest BCUT2D eigenvalue weighted by atomic mass is 32.2. The van der Waals surface area contributed by atoms with Crippen LogP contribution in [-0.2, 0) is 22.9 Å². The topological polar surface area (TPSA) is 84.0 Å². The molecule has 1 unspecified atom stereocenters. The minimum atomic E-state index is -3.66. The number of fused-ring (bicyclic) bond motifs is 1. The number of benzene rings is 1. The summed E-state index contributed by atoms with van der Waals surface area (Å²) in [6.07, 6.45) is 5.21. The number of aromatic nitrogens is 2. The Morgan fingerprint density at radius 1 is 1.04 bits per heavy atom. The maximum absolute atomic E-state index is 12.6. The first kappa shape index (κ1) is 17.7. The summed E-state index contributed by atoms with van der Waals surface area (Å²) in [5.74, 6) is 0.846. The van der Waals surface area contributed by atoms with Crippen molar-refractivity contribution in [3.8, 4) is 0 Å². The lowest BCUT2D eigenvalue weighted by atomic mass is 9.92. The predicted molar refractivity (Wildman–Crippen MR) is 99.3 cm³/mol. The fraction of sp³-hybridized carbons (Fsp3) is 0.444. The van der Waals surface area contributed by atoms with Crippen molar-refractivity contribution in [1.82, 2.24) is 10.2 Å². The van der Waals surface area contributed by atoms with Gasteiger partial charge in [0, 0.05) is 6.04 Å². The number of hydrogen-bond acceptors (Lipinski definition) is 5. The average Bonchev–Trinajstić information content (AvgIpc) is 2.62. The zero-order valence-corrected chi connectivity index (χ0v) is 15.4. The smallest absolute Gasteiger partial charge is 0.263 e. The van der Waals surface area contributed by atoms with Crippen molar-refractivity contribution in [2.45, 2.75) is 56.9 Å². The van der Waals surface area contributed by atoms with Crippen molar-refractivity contribution in [1.29, 1.82) is 0 Å². The van der Waals surface area contributed by atoms with Gasteiger partial charge in [-0.05, 0) is 74.4 Å². The SMILES string of the molecule is CCC(C)Nc1ccc(NS(=O)(=O)c2ccc3c(c2)CCCC3)nn1. The zero-order chi connectivity index (χ0) is 17.9. The molecule has 1 heterocycles. The van der Waals surface area contributed by atoms with Crippen LogP contribution < -0.4 is 10.0 Å². The molecule has 0 saturated heterocycles. The van der Waals surface area contributed by atoms with Crippen molar-refractivity contribution < 1.29 is 8.42 Å². The first-order valence-electron chi connectivity index (χ1n) is 8.73. The summed E-state index contributed by atoms with van der Waals surface area (Å²) in [5.41, 5.74) is 2.39. The van der Waals surface area contributed by atoms with Crippen LogP contribution in [0.3, 0.4) is 0 Å². The molecule has 1 aromatic heterocycles. The molecule has 0 saturated carbocycles. The minimum Gasteiger partial charge on any atom is -0.366 e. The second-order valence-electron chi connectivity index (χ2n) is 6.50. The lowest BCUT2D eigenvalue weighted by Crippen LogP contribution is -2.17. The lowest BCUT2D eigenvalue weighted by molar-refractivity contribution is 0.600. The molecule has 0 fully saturated rings. The Labute approximate surface area is 149 Å². The molecule has 6 nitrogen and oxygen atoms in total. The van der Waals surface area contributed by atoms with Gasteiger partial charge in [-0.2, -0.15) is 0 Å². The van der Waals surface area contributed by atoms with E-state index in [0.717, 1.165) is 31.2 Å². The van der Waals surface area contributed by atoms with Crippen molar-refractivity contribution >= 4 is 21.7 Å². The van der Waals surface area contributed by atoms with E-state index in [-0.39, 0.29) is 16.8 Å². The highest BCUT2D eigenvalue weighted by molar-refractivity contribution is 7.92. The maximum Gasteiger partial charge on any atom is 0.263 e. The molecular formula is C18H24N4O2S. The lowest BCUT2D eigenvalue weighted by Gasteiger charge is -2.17. The molecule has 2 aromatic rings. The van der Waals surface area contributed by atoms with Crippen molar-refractivity contribution in [3.63, 3.8) is 0 Å². The third-order valence-electron chi connectivity index (χ3n) is 4.54. The Kier molecular flexibility index (Phi) is 5.22. The summed E-state index contributed by atoms with van der Waals surface area (Å²) in [6.45, 7) is 4.13. The van der Waals surface area contributed by atoms with Crippen LogP contribution in [0.1, 0.15) is 44.2 Å². The third kappa shape index (κ3) is 4.28. The van der Waals surface area contributed by atoms with Crippen LogP contribution in [0.25, 0.3) is 0 Å². The molecule has 0 spiro atoms. The summed E-state index contributed by atoms with van der Waals surface area (Å²) < 4.78 is 27.7.